The van der Waals surface area contributed by atoms with Crippen LogP contribution in [0.2, 0.25) is 0 Å². The van der Waals surface area contributed by atoms with Crippen LogP contribution in [-0.2, 0) is 6.54 Å². The summed E-state index contributed by atoms with van der Waals surface area (Å²) in [5.41, 5.74) is 1.81. The summed E-state index contributed by atoms with van der Waals surface area (Å²) in [7, 11) is 0. The van der Waals surface area contributed by atoms with Gasteiger partial charge in [0, 0.05) is 6.54 Å². The molecule has 0 aliphatic carbocycles. The molecule has 0 saturated heterocycles. The summed E-state index contributed by atoms with van der Waals surface area (Å²) in [4.78, 5) is 22.2. The fraction of sp³-hybridized carbons (Fsp3) is 0.154. The first kappa shape index (κ1) is 12.4. The van der Waals surface area contributed by atoms with E-state index in [-0.39, 0.29) is 18.0 Å². The minimum absolute atomic E-state index is 0.0144. The SMILES string of the molecule is O=C(O)c1[nH]cnc1-c1nc2ccccc2n1CCO. The average Bonchev–Trinajstić information content (AvgIpc) is 3.04. The van der Waals surface area contributed by atoms with Crippen molar-refractivity contribution >= 4 is 17.0 Å². The number of benzene rings is 1. The molecule has 0 atom stereocenters. The second-order valence-electron chi connectivity index (χ2n) is 4.23. The number of hydrogen-bond acceptors (Lipinski definition) is 4. The highest BCUT2D eigenvalue weighted by Crippen LogP contribution is 2.25. The largest absolute Gasteiger partial charge is 0.477 e. The van der Waals surface area contributed by atoms with Gasteiger partial charge in [0.15, 0.2) is 11.5 Å². The molecule has 0 unspecified atom stereocenters. The quantitative estimate of drug-likeness (QED) is 0.660. The molecule has 0 aliphatic rings. The fourth-order valence-corrected chi connectivity index (χ4v) is 2.21. The molecular weight excluding hydrogens is 260 g/mol. The molecule has 0 fully saturated rings. The number of H-pyrrole nitrogens is 1. The Morgan fingerprint density at radius 3 is 2.90 bits per heavy atom. The third-order valence-electron chi connectivity index (χ3n) is 3.04. The highest BCUT2D eigenvalue weighted by Gasteiger charge is 2.20. The number of aliphatic hydroxyl groups is 1. The van der Waals surface area contributed by atoms with Gasteiger partial charge in [-0.25, -0.2) is 14.8 Å². The number of nitrogens with zero attached hydrogens (tertiary/aromatic N) is 3. The van der Waals surface area contributed by atoms with Gasteiger partial charge in [-0.15, -0.1) is 0 Å². The second kappa shape index (κ2) is 4.78. The lowest BCUT2D eigenvalue weighted by atomic mass is 10.3. The van der Waals surface area contributed by atoms with Gasteiger partial charge in [-0.05, 0) is 12.1 Å². The van der Waals surface area contributed by atoms with E-state index in [1.165, 1.54) is 6.33 Å². The van der Waals surface area contributed by atoms with Gasteiger partial charge < -0.3 is 19.8 Å². The number of aromatic carboxylic acids is 1. The smallest absolute Gasteiger partial charge is 0.354 e. The molecule has 0 radical (unpaired) electrons. The normalized spacial score (nSPS) is 11.1. The van der Waals surface area contributed by atoms with Crippen LogP contribution in [0, 0.1) is 0 Å². The molecule has 0 saturated carbocycles. The number of rotatable bonds is 4. The molecule has 3 rings (SSSR count). The maximum absolute atomic E-state index is 11.2. The van der Waals surface area contributed by atoms with Crippen molar-refractivity contribution in [3.63, 3.8) is 0 Å². The zero-order valence-corrected chi connectivity index (χ0v) is 10.4. The molecule has 0 amide bonds. The molecule has 3 N–H and O–H groups in total. The number of carbonyl (C=O) groups is 1. The van der Waals surface area contributed by atoms with Crippen LogP contribution < -0.4 is 0 Å². The maximum Gasteiger partial charge on any atom is 0.354 e. The van der Waals surface area contributed by atoms with Crippen molar-refractivity contribution in [3.05, 3.63) is 36.3 Å². The molecule has 7 heteroatoms. The highest BCUT2D eigenvalue weighted by molar-refractivity contribution is 5.93. The molecule has 2 heterocycles. The number of aliphatic hydroxyl groups excluding tert-OH is 1. The Kier molecular flexibility index (Phi) is 2.96. The van der Waals surface area contributed by atoms with Gasteiger partial charge in [0.25, 0.3) is 0 Å². The van der Waals surface area contributed by atoms with E-state index < -0.39 is 5.97 Å². The van der Waals surface area contributed by atoms with Gasteiger partial charge >= 0.3 is 5.97 Å². The number of aromatic nitrogens is 4. The number of para-hydroxylation sites is 2. The summed E-state index contributed by atoms with van der Waals surface area (Å²) in [6, 6.07) is 7.42. The first-order valence-electron chi connectivity index (χ1n) is 6.05. The first-order valence-corrected chi connectivity index (χ1v) is 6.05. The fourth-order valence-electron chi connectivity index (χ4n) is 2.21. The maximum atomic E-state index is 11.2. The van der Waals surface area contributed by atoms with E-state index >= 15 is 0 Å². The number of carboxylic acid groups (broad SMARTS) is 1. The van der Waals surface area contributed by atoms with Gasteiger partial charge in [-0.1, -0.05) is 12.1 Å². The predicted octanol–water partition coefficient (Wildman–Crippen LogP) is 1.12. The minimum Gasteiger partial charge on any atom is -0.477 e. The molecule has 1 aromatic carbocycles. The van der Waals surface area contributed by atoms with Crippen LogP contribution in [0.3, 0.4) is 0 Å². The number of imidazole rings is 2. The number of fused-ring (bicyclic) bond motifs is 1. The first-order chi connectivity index (χ1) is 9.72. The lowest BCUT2D eigenvalue weighted by molar-refractivity contribution is 0.0692. The monoisotopic (exact) mass is 272 g/mol. The van der Waals surface area contributed by atoms with E-state index in [1.807, 2.05) is 24.3 Å². The Morgan fingerprint density at radius 2 is 2.15 bits per heavy atom. The number of nitrogens with one attached hydrogen (secondary N) is 1. The van der Waals surface area contributed by atoms with E-state index in [0.717, 1.165) is 11.0 Å². The summed E-state index contributed by atoms with van der Waals surface area (Å²) in [5.74, 6) is -0.668. The van der Waals surface area contributed by atoms with Crippen LogP contribution in [0.1, 0.15) is 10.5 Å². The summed E-state index contributed by atoms with van der Waals surface area (Å²) >= 11 is 0. The molecule has 102 valence electrons. The Labute approximate surface area is 113 Å². The minimum atomic E-state index is -1.10. The second-order valence-corrected chi connectivity index (χ2v) is 4.23. The molecule has 7 nitrogen and oxygen atoms in total. The average molecular weight is 272 g/mol. The standard InChI is InChI=1S/C13H12N4O3/c18-6-5-17-9-4-2-1-3-8(9)16-12(17)10-11(13(19)20)15-7-14-10/h1-4,7,18H,5-6H2,(H,14,15)(H,19,20). The lowest BCUT2D eigenvalue weighted by Crippen LogP contribution is -2.07. The van der Waals surface area contributed by atoms with Gasteiger partial charge in [-0.3, -0.25) is 0 Å². The van der Waals surface area contributed by atoms with E-state index in [0.29, 0.717) is 12.4 Å². The Balaban J connectivity index is 2.27. The number of hydrogen-bond donors (Lipinski definition) is 3. The van der Waals surface area contributed by atoms with Crippen molar-refractivity contribution < 1.29 is 15.0 Å². The molecule has 0 spiro atoms. The van der Waals surface area contributed by atoms with Crippen LogP contribution in [0.4, 0.5) is 0 Å². The van der Waals surface area contributed by atoms with E-state index in [4.69, 9.17) is 5.11 Å². The van der Waals surface area contributed by atoms with Crippen LogP contribution in [-0.4, -0.2) is 42.3 Å². The summed E-state index contributed by atoms with van der Waals surface area (Å²) in [5, 5.41) is 18.4. The van der Waals surface area contributed by atoms with Crippen molar-refractivity contribution in [2.45, 2.75) is 6.54 Å². The number of aromatic amines is 1. The third-order valence-corrected chi connectivity index (χ3v) is 3.04. The topological polar surface area (TPSA) is 104 Å². The zero-order chi connectivity index (χ0) is 14.1. The molecule has 0 aliphatic heterocycles. The van der Waals surface area contributed by atoms with Crippen molar-refractivity contribution in [1.29, 1.82) is 0 Å². The van der Waals surface area contributed by atoms with Gasteiger partial charge in [0.2, 0.25) is 0 Å². The molecule has 2 aromatic heterocycles. The van der Waals surface area contributed by atoms with E-state index in [1.54, 1.807) is 4.57 Å². The van der Waals surface area contributed by atoms with Crippen LogP contribution in [0.5, 0.6) is 0 Å². The van der Waals surface area contributed by atoms with Crippen molar-refractivity contribution in [3.8, 4) is 11.5 Å². The van der Waals surface area contributed by atoms with Crippen molar-refractivity contribution in [2.24, 2.45) is 0 Å². The van der Waals surface area contributed by atoms with Crippen molar-refractivity contribution in [2.75, 3.05) is 6.61 Å². The Hall–Kier alpha value is -2.67. The van der Waals surface area contributed by atoms with Crippen molar-refractivity contribution in [1.82, 2.24) is 19.5 Å². The van der Waals surface area contributed by atoms with Crippen LogP contribution in [0.25, 0.3) is 22.6 Å². The van der Waals surface area contributed by atoms with Gasteiger partial charge in [0.05, 0.1) is 24.0 Å². The zero-order valence-electron chi connectivity index (χ0n) is 10.4. The Morgan fingerprint density at radius 1 is 1.35 bits per heavy atom. The molecule has 20 heavy (non-hydrogen) atoms. The van der Waals surface area contributed by atoms with Gasteiger partial charge in [0.1, 0.15) is 5.69 Å². The summed E-state index contributed by atoms with van der Waals surface area (Å²) < 4.78 is 1.76. The third kappa shape index (κ3) is 1.84. The summed E-state index contributed by atoms with van der Waals surface area (Å²) in [6.45, 7) is 0.252. The van der Waals surface area contributed by atoms with E-state index in [9.17, 15) is 9.90 Å². The number of carboxylic acids is 1. The molecular formula is C13H12N4O3. The summed E-state index contributed by atoms with van der Waals surface area (Å²) in [6.07, 6.45) is 1.32. The molecule has 0 bridgehead atoms. The van der Waals surface area contributed by atoms with Crippen LogP contribution >= 0.6 is 0 Å². The van der Waals surface area contributed by atoms with Gasteiger partial charge in [-0.2, -0.15) is 0 Å². The highest BCUT2D eigenvalue weighted by atomic mass is 16.4. The molecule has 3 aromatic rings. The lowest BCUT2D eigenvalue weighted by Gasteiger charge is -2.06. The van der Waals surface area contributed by atoms with Crippen LogP contribution in [0.15, 0.2) is 30.6 Å². The predicted molar refractivity (Wildman–Crippen MR) is 71.4 cm³/mol. The van der Waals surface area contributed by atoms with E-state index in [2.05, 4.69) is 15.0 Å². The Bertz CT molecular complexity index is 775.